The normalized spacial score (nSPS) is 14.4. The molecule has 0 fully saturated rings. The van der Waals surface area contributed by atoms with Crippen LogP contribution in [-0.2, 0) is 36.3 Å². The number of rotatable bonds is 15. The molecular weight excluding hydrogens is 891 g/mol. The Kier molecular flexibility index (Phi) is 13.7. The molecule has 1 aliphatic carbocycles. The quantitative estimate of drug-likeness (QED) is 0.0257. The van der Waals surface area contributed by atoms with Crippen LogP contribution >= 0.6 is 0 Å². The Bertz CT molecular complexity index is 2960. The Morgan fingerprint density at radius 2 is 1.33 bits per heavy atom. The van der Waals surface area contributed by atoms with Crippen molar-refractivity contribution >= 4 is 34.0 Å². The standard InChI is InChI=1S/C55H57N5O8S/c1-34-35(2)49(36(3)45-32-54(4,5)67-48(34)45)69(64,65)60-52(56)58-31-17-26-47(59-53(63)66-33-46-43-24-15-13-22-41(43)42-23-14-16-25-44(42)46)51(62)68-55(38-18-9-7-10-19-38,39-20-11-8-12-21-39)40-29-27-37(28-30-40)50(61)57-6/h7-16,18-25,27-30,46-47H,17,26,31-33H2,1-6H3,(H,57,61)(H,59,63)(H3,56,58,60)/t47-/m1/s1. The van der Waals surface area contributed by atoms with Crippen molar-refractivity contribution in [2.45, 2.75) is 81.9 Å². The summed E-state index contributed by atoms with van der Waals surface area (Å²) in [4.78, 5) is 46.0. The minimum atomic E-state index is -4.18. The molecule has 2 amide bonds. The molecule has 0 saturated heterocycles. The lowest BCUT2D eigenvalue weighted by molar-refractivity contribution is -0.156. The lowest BCUT2D eigenvalue weighted by Gasteiger charge is -2.36. The number of nitrogens with two attached hydrogens (primary N) is 1. The fourth-order valence-electron chi connectivity index (χ4n) is 9.64. The van der Waals surface area contributed by atoms with Crippen LogP contribution in [0.5, 0.6) is 5.75 Å². The van der Waals surface area contributed by atoms with Crippen LogP contribution in [0.2, 0.25) is 0 Å². The molecule has 1 aliphatic heterocycles. The molecule has 0 spiro atoms. The smallest absolute Gasteiger partial charge is 0.407 e. The number of alkyl carbamates (subject to hydrolysis) is 1. The molecule has 6 aromatic rings. The third kappa shape index (κ3) is 9.66. The lowest BCUT2D eigenvalue weighted by Crippen LogP contribution is -2.46. The summed E-state index contributed by atoms with van der Waals surface area (Å²) in [7, 11) is -2.63. The van der Waals surface area contributed by atoms with E-state index in [0.717, 1.165) is 33.4 Å². The first-order valence-corrected chi connectivity index (χ1v) is 24.5. The Morgan fingerprint density at radius 1 is 0.783 bits per heavy atom. The monoisotopic (exact) mass is 947 g/mol. The van der Waals surface area contributed by atoms with Gasteiger partial charge >= 0.3 is 12.1 Å². The van der Waals surface area contributed by atoms with Gasteiger partial charge in [-0.1, -0.05) is 121 Å². The second-order valence-corrected chi connectivity index (χ2v) is 19.7. The molecule has 5 N–H and O–H groups in total. The molecule has 0 bridgehead atoms. The average molecular weight is 948 g/mol. The van der Waals surface area contributed by atoms with Gasteiger partial charge < -0.3 is 30.6 Å². The molecule has 2 aliphatic rings. The average Bonchev–Trinajstić information content (AvgIpc) is 3.86. The van der Waals surface area contributed by atoms with E-state index in [1.807, 2.05) is 130 Å². The number of sulfonamides is 1. The number of carbonyl (C=O) groups is 3. The van der Waals surface area contributed by atoms with Crippen LogP contribution in [0.3, 0.4) is 0 Å². The number of hydrogen-bond donors (Lipinski definition) is 4. The van der Waals surface area contributed by atoms with Crippen molar-refractivity contribution in [2.24, 2.45) is 10.7 Å². The first-order chi connectivity index (χ1) is 33.0. The van der Waals surface area contributed by atoms with Crippen molar-refractivity contribution in [2.75, 3.05) is 20.2 Å². The van der Waals surface area contributed by atoms with Crippen LogP contribution in [0.4, 0.5) is 4.79 Å². The zero-order valence-electron chi connectivity index (χ0n) is 39.6. The molecule has 0 unspecified atom stereocenters. The topological polar surface area (TPSA) is 188 Å². The number of amides is 2. The van der Waals surface area contributed by atoms with Gasteiger partial charge in [-0.05, 0) is 98.5 Å². The molecule has 0 aromatic heterocycles. The Balaban J connectivity index is 1.07. The highest BCUT2D eigenvalue weighted by Crippen LogP contribution is 2.46. The van der Waals surface area contributed by atoms with Crippen molar-refractivity contribution in [1.82, 2.24) is 15.4 Å². The van der Waals surface area contributed by atoms with Gasteiger partial charge in [-0.15, -0.1) is 0 Å². The van der Waals surface area contributed by atoms with E-state index >= 15 is 0 Å². The highest BCUT2D eigenvalue weighted by atomic mass is 32.2. The number of esters is 1. The predicted molar refractivity (Wildman–Crippen MR) is 266 cm³/mol. The van der Waals surface area contributed by atoms with Crippen molar-refractivity contribution in [3.05, 3.63) is 189 Å². The zero-order valence-corrected chi connectivity index (χ0v) is 40.4. The van der Waals surface area contributed by atoms with Gasteiger partial charge in [0.1, 0.15) is 24.0 Å². The number of ether oxygens (including phenoxy) is 3. The zero-order chi connectivity index (χ0) is 49.1. The van der Waals surface area contributed by atoms with Gasteiger partial charge in [-0.25, -0.2) is 22.7 Å². The van der Waals surface area contributed by atoms with Gasteiger partial charge in [0.15, 0.2) is 5.60 Å². The summed E-state index contributed by atoms with van der Waals surface area (Å²) in [6.07, 6.45) is -0.117. The largest absolute Gasteiger partial charge is 0.487 e. The van der Waals surface area contributed by atoms with Gasteiger partial charge in [-0.2, -0.15) is 0 Å². The summed E-state index contributed by atoms with van der Waals surface area (Å²) in [6, 6.07) is 40.0. The van der Waals surface area contributed by atoms with Crippen LogP contribution < -0.4 is 25.8 Å². The number of nitrogens with zero attached hydrogens (tertiary/aromatic N) is 1. The third-order valence-electron chi connectivity index (χ3n) is 13.0. The van der Waals surface area contributed by atoms with Gasteiger partial charge in [0, 0.05) is 53.7 Å². The maximum absolute atomic E-state index is 15.0. The van der Waals surface area contributed by atoms with E-state index in [-0.39, 0.29) is 48.7 Å². The molecule has 6 aromatic carbocycles. The van der Waals surface area contributed by atoms with Gasteiger partial charge in [-0.3, -0.25) is 9.79 Å². The van der Waals surface area contributed by atoms with E-state index in [1.165, 1.54) is 0 Å². The van der Waals surface area contributed by atoms with Crippen LogP contribution in [0.1, 0.15) is 93.0 Å². The summed E-state index contributed by atoms with van der Waals surface area (Å²) in [5.74, 6) is -0.924. The maximum Gasteiger partial charge on any atom is 0.407 e. The fraction of sp³-hybridized carbons (Fsp3) is 0.273. The third-order valence-corrected chi connectivity index (χ3v) is 14.7. The van der Waals surface area contributed by atoms with Crippen molar-refractivity contribution in [1.29, 1.82) is 0 Å². The van der Waals surface area contributed by atoms with Gasteiger partial charge in [0.25, 0.3) is 15.9 Å². The van der Waals surface area contributed by atoms with Gasteiger partial charge in [0.05, 0.1) is 4.90 Å². The van der Waals surface area contributed by atoms with E-state index in [9.17, 15) is 22.8 Å². The molecule has 14 heteroatoms. The summed E-state index contributed by atoms with van der Waals surface area (Å²) >= 11 is 0. The first-order valence-electron chi connectivity index (χ1n) is 23.0. The van der Waals surface area contributed by atoms with E-state index in [2.05, 4.69) is 20.3 Å². The van der Waals surface area contributed by atoms with Crippen molar-refractivity contribution < 1.29 is 37.0 Å². The van der Waals surface area contributed by atoms with Crippen molar-refractivity contribution in [3.63, 3.8) is 0 Å². The molecule has 356 valence electrons. The van der Waals surface area contributed by atoms with Crippen molar-refractivity contribution in [3.8, 4) is 16.9 Å². The number of benzene rings is 6. The van der Waals surface area contributed by atoms with E-state index in [1.54, 1.807) is 45.2 Å². The molecule has 1 heterocycles. The highest BCUT2D eigenvalue weighted by molar-refractivity contribution is 7.90. The number of carbonyl (C=O) groups excluding carboxylic acids is 3. The number of aliphatic imine (C=N–C) groups is 1. The molecule has 0 saturated carbocycles. The SMILES string of the molecule is CNC(=O)c1ccc(C(OC(=O)[C@@H](CCCN=C(N)NS(=O)(=O)c2c(C)c(C)c3c(c2C)CC(C)(C)O3)NC(=O)OCC2c3ccccc3-c3ccccc32)(c2ccccc2)c2ccccc2)cc1. The predicted octanol–water partition coefficient (Wildman–Crippen LogP) is 8.50. The van der Waals surface area contributed by atoms with Crippen LogP contribution in [0.15, 0.2) is 143 Å². The van der Waals surface area contributed by atoms with Crippen LogP contribution in [-0.4, -0.2) is 64.2 Å². The van der Waals surface area contributed by atoms with Crippen LogP contribution in [0, 0.1) is 20.8 Å². The number of guanidine groups is 1. The highest BCUT2D eigenvalue weighted by Gasteiger charge is 2.43. The first kappa shape index (κ1) is 48.0. The molecule has 1 atom stereocenters. The molecule has 8 rings (SSSR count). The molecule has 0 radical (unpaired) electrons. The number of fused-ring (bicyclic) bond motifs is 4. The Labute approximate surface area is 403 Å². The van der Waals surface area contributed by atoms with E-state index < -0.39 is 39.3 Å². The minimum Gasteiger partial charge on any atom is -0.487 e. The molecule has 69 heavy (non-hydrogen) atoms. The van der Waals surface area contributed by atoms with E-state index in [0.29, 0.717) is 45.6 Å². The minimum absolute atomic E-state index is 0.000153. The number of hydrogen-bond acceptors (Lipinski definition) is 9. The summed E-state index contributed by atoms with van der Waals surface area (Å²) in [5, 5.41) is 5.44. The summed E-state index contributed by atoms with van der Waals surface area (Å²) < 4.78 is 49.2. The molecule has 13 nitrogen and oxygen atoms in total. The van der Waals surface area contributed by atoms with Gasteiger partial charge in [0.2, 0.25) is 5.96 Å². The van der Waals surface area contributed by atoms with E-state index in [4.69, 9.17) is 19.9 Å². The Hall–Kier alpha value is -7.45. The lowest BCUT2D eigenvalue weighted by atomic mass is 9.79. The Morgan fingerprint density at radius 3 is 1.91 bits per heavy atom. The summed E-state index contributed by atoms with van der Waals surface area (Å²) in [5.41, 5.74) is 13.3. The molecular formula is C55H57N5O8S. The second kappa shape index (κ2) is 19.6. The maximum atomic E-state index is 15.0. The second-order valence-electron chi connectivity index (χ2n) is 18.1. The van der Waals surface area contributed by atoms with Crippen LogP contribution in [0.25, 0.3) is 11.1 Å². The fourth-order valence-corrected chi connectivity index (χ4v) is 11.2. The number of nitrogens with one attached hydrogen (secondary N) is 3. The summed E-state index contributed by atoms with van der Waals surface area (Å²) in [6.45, 7) is 9.27.